The van der Waals surface area contributed by atoms with Crippen molar-refractivity contribution in [3.63, 3.8) is 0 Å². The molecule has 1 aliphatic rings. The molecule has 3 nitrogen and oxygen atoms in total. The van der Waals surface area contributed by atoms with E-state index in [2.05, 4.69) is 15.2 Å². The summed E-state index contributed by atoms with van der Waals surface area (Å²) in [5.74, 6) is 0. The molecule has 0 unspecified atom stereocenters. The molecule has 1 aromatic rings. The van der Waals surface area contributed by atoms with Crippen molar-refractivity contribution in [2.45, 2.75) is 12.8 Å². The standard InChI is InChI=1S/C10H15N3/c1-13(2)9-7-11-6-8-4-3-5-12-10(8)9/h6-7,12H,3-5H2,1-2H3. The summed E-state index contributed by atoms with van der Waals surface area (Å²) < 4.78 is 0. The molecule has 0 atom stereocenters. The van der Waals surface area contributed by atoms with Gasteiger partial charge in [0.1, 0.15) is 0 Å². The van der Waals surface area contributed by atoms with Crippen molar-refractivity contribution >= 4 is 11.4 Å². The zero-order valence-corrected chi connectivity index (χ0v) is 8.17. The van der Waals surface area contributed by atoms with Crippen molar-refractivity contribution in [1.82, 2.24) is 4.98 Å². The van der Waals surface area contributed by atoms with Gasteiger partial charge in [-0.05, 0) is 18.4 Å². The normalized spacial score (nSPS) is 14.6. The second-order valence-corrected chi connectivity index (χ2v) is 3.62. The summed E-state index contributed by atoms with van der Waals surface area (Å²) in [6.45, 7) is 1.08. The monoisotopic (exact) mass is 177 g/mol. The molecule has 1 N–H and O–H groups in total. The first-order valence-corrected chi connectivity index (χ1v) is 4.67. The van der Waals surface area contributed by atoms with E-state index in [1.165, 1.54) is 23.4 Å². The van der Waals surface area contributed by atoms with Gasteiger partial charge in [-0.2, -0.15) is 0 Å². The zero-order valence-electron chi connectivity index (χ0n) is 8.17. The highest BCUT2D eigenvalue weighted by Gasteiger charge is 2.13. The van der Waals surface area contributed by atoms with E-state index in [-0.39, 0.29) is 0 Å². The molecule has 1 aliphatic heterocycles. The molecule has 70 valence electrons. The van der Waals surface area contributed by atoms with Crippen molar-refractivity contribution in [3.8, 4) is 0 Å². The van der Waals surface area contributed by atoms with Crippen LogP contribution in [-0.2, 0) is 6.42 Å². The summed E-state index contributed by atoms with van der Waals surface area (Å²) in [4.78, 5) is 6.34. The summed E-state index contributed by atoms with van der Waals surface area (Å²) in [6, 6.07) is 0. The Bertz CT molecular complexity index is 307. The highest BCUT2D eigenvalue weighted by Crippen LogP contribution is 2.30. The van der Waals surface area contributed by atoms with Crippen LogP contribution in [-0.4, -0.2) is 25.6 Å². The van der Waals surface area contributed by atoms with Gasteiger partial charge in [0.25, 0.3) is 0 Å². The highest BCUT2D eigenvalue weighted by atomic mass is 15.1. The number of hydrogen-bond donors (Lipinski definition) is 1. The minimum Gasteiger partial charge on any atom is -0.383 e. The maximum Gasteiger partial charge on any atom is 0.0786 e. The quantitative estimate of drug-likeness (QED) is 0.704. The summed E-state index contributed by atoms with van der Waals surface area (Å²) in [5.41, 5.74) is 3.81. The number of anilines is 2. The largest absolute Gasteiger partial charge is 0.383 e. The molecule has 1 aromatic heterocycles. The first-order valence-electron chi connectivity index (χ1n) is 4.67. The van der Waals surface area contributed by atoms with Gasteiger partial charge in [0.15, 0.2) is 0 Å². The van der Waals surface area contributed by atoms with E-state index in [1.54, 1.807) is 0 Å². The van der Waals surface area contributed by atoms with Gasteiger partial charge in [-0.25, -0.2) is 0 Å². The minimum atomic E-state index is 1.08. The van der Waals surface area contributed by atoms with Crippen molar-refractivity contribution < 1.29 is 0 Å². The average molecular weight is 177 g/mol. The van der Waals surface area contributed by atoms with Gasteiger partial charge < -0.3 is 10.2 Å². The number of pyridine rings is 1. The molecule has 0 saturated heterocycles. The summed E-state index contributed by atoms with van der Waals surface area (Å²) in [7, 11) is 4.10. The Morgan fingerprint density at radius 1 is 1.38 bits per heavy atom. The molecule has 0 aromatic carbocycles. The molecule has 0 saturated carbocycles. The van der Waals surface area contributed by atoms with Crippen molar-refractivity contribution in [2.24, 2.45) is 0 Å². The van der Waals surface area contributed by atoms with E-state index in [4.69, 9.17) is 0 Å². The number of aromatic nitrogens is 1. The first-order chi connectivity index (χ1) is 6.29. The zero-order chi connectivity index (χ0) is 9.26. The molecule has 2 rings (SSSR count). The fourth-order valence-corrected chi connectivity index (χ4v) is 1.72. The van der Waals surface area contributed by atoms with Crippen LogP contribution < -0.4 is 10.2 Å². The molecule has 0 aliphatic carbocycles. The summed E-state index contributed by atoms with van der Waals surface area (Å²) in [5, 5.41) is 3.43. The third kappa shape index (κ3) is 1.46. The van der Waals surface area contributed by atoms with E-state index in [0.717, 1.165) is 13.0 Å². The lowest BCUT2D eigenvalue weighted by atomic mass is 10.1. The van der Waals surface area contributed by atoms with Crippen molar-refractivity contribution in [1.29, 1.82) is 0 Å². The minimum absolute atomic E-state index is 1.08. The lowest BCUT2D eigenvalue weighted by Gasteiger charge is -2.24. The number of nitrogens with one attached hydrogen (secondary N) is 1. The Morgan fingerprint density at radius 2 is 2.23 bits per heavy atom. The number of nitrogens with zero attached hydrogens (tertiary/aromatic N) is 2. The Hall–Kier alpha value is -1.25. The summed E-state index contributed by atoms with van der Waals surface area (Å²) >= 11 is 0. The fraction of sp³-hybridized carbons (Fsp3) is 0.500. The average Bonchev–Trinajstić information content (AvgIpc) is 2.17. The van der Waals surface area contributed by atoms with Crippen molar-refractivity contribution in [3.05, 3.63) is 18.0 Å². The van der Waals surface area contributed by atoms with E-state index in [1.807, 2.05) is 26.5 Å². The molecule has 0 fully saturated rings. The van der Waals surface area contributed by atoms with E-state index >= 15 is 0 Å². The van der Waals surface area contributed by atoms with E-state index in [0.29, 0.717) is 0 Å². The smallest absolute Gasteiger partial charge is 0.0786 e. The molecular weight excluding hydrogens is 162 g/mol. The molecule has 0 amide bonds. The number of fused-ring (bicyclic) bond motifs is 1. The predicted octanol–water partition coefficient (Wildman–Crippen LogP) is 1.51. The fourth-order valence-electron chi connectivity index (χ4n) is 1.72. The van der Waals surface area contributed by atoms with Crippen molar-refractivity contribution in [2.75, 3.05) is 30.9 Å². The van der Waals surface area contributed by atoms with Crippen LogP contribution in [0.5, 0.6) is 0 Å². The Labute approximate surface area is 78.8 Å². The highest BCUT2D eigenvalue weighted by molar-refractivity contribution is 5.72. The molecule has 3 heteroatoms. The number of aryl methyl sites for hydroxylation is 1. The van der Waals surface area contributed by atoms with Gasteiger partial charge in [-0.1, -0.05) is 0 Å². The SMILES string of the molecule is CN(C)c1cncc2c1NCCC2. The van der Waals surface area contributed by atoms with Crippen LogP contribution in [0.2, 0.25) is 0 Å². The molecule has 0 spiro atoms. The van der Waals surface area contributed by atoms with Gasteiger partial charge in [0.05, 0.1) is 17.6 Å². The topological polar surface area (TPSA) is 28.2 Å². The first kappa shape index (κ1) is 8.35. The maximum absolute atomic E-state index is 4.24. The second-order valence-electron chi connectivity index (χ2n) is 3.62. The lowest BCUT2D eigenvalue weighted by molar-refractivity contribution is 0.822. The van der Waals surface area contributed by atoms with Crippen LogP contribution in [0.1, 0.15) is 12.0 Å². The Balaban J connectivity index is 2.46. The third-order valence-corrected chi connectivity index (χ3v) is 2.41. The number of hydrogen-bond acceptors (Lipinski definition) is 3. The van der Waals surface area contributed by atoms with E-state index < -0.39 is 0 Å². The van der Waals surface area contributed by atoms with Gasteiger partial charge in [0.2, 0.25) is 0 Å². The van der Waals surface area contributed by atoms with Crippen LogP contribution >= 0.6 is 0 Å². The molecular formula is C10H15N3. The van der Waals surface area contributed by atoms with Gasteiger partial charge in [0, 0.05) is 26.8 Å². The summed E-state index contributed by atoms with van der Waals surface area (Å²) in [6.07, 6.45) is 6.24. The Morgan fingerprint density at radius 3 is 3.00 bits per heavy atom. The molecule has 0 radical (unpaired) electrons. The maximum atomic E-state index is 4.24. The van der Waals surface area contributed by atoms with Crippen LogP contribution in [0, 0.1) is 0 Å². The van der Waals surface area contributed by atoms with Gasteiger partial charge in [-0.3, -0.25) is 4.98 Å². The number of rotatable bonds is 1. The van der Waals surface area contributed by atoms with E-state index in [9.17, 15) is 0 Å². The van der Waals surface area contributed by atoms with Gasteiger partial charge in [-0.15, -0.1) is 0 Å². The van der Waals surface area contributed by atoms with Crippen LogP contribution in [0.3, 0.4) is 0 Å². The molecule has 13 heavy (non-hydrogen) atoms. The molecule has 2 heterocycles. The second kappa shape index (κ2) is 3.24. The Kier molecular flexibility index (Phi) is 2.08. The van der Waals surface area contributed by atoms with Crippen LogP contribution in [0.15, 0.2) is 12.4 Å². The van der Waals surface area contributed by atoms with Crippen LogP contribution in [0.25, 0.3) is 0 Å². The predicted molar refractivity (Wildman–Crippen MR) is 55.4 cm³/mol. The van der Waals surface area contributed by atoms with Crippen LogP contribution in [0.4, 0.5) is 11.4 Å². The molecule has 0 bridgehead atoms. The third-order valence-electron chi connectivity index (χ3n) is 2.41. The van der Waals surface area contributed by atoms with Gasteiger partial charge >= 0.3 is 0 Å². The lowest BCUT2D eigenvalue weighted by Crippen LogP contribution is -2.18.